The lowest BCUT2D eigenvalue weighted by Gasteiger charge is -2.18. The smallest absolute Gasteiger partial charge is 0.0746 e. The number of hydrazine groups is 1. The van der Waals surface area contributed by atoms with Gasteiger partial charge < -0.3 is 0 Å². The van der Waals surface area contributed by atoms with Gasteiger partial charge in [0.25, 0.3) is 0 Å². The molecule has 2 heterocycles. The number of nitrogens with zero attached hydrogens (tertiary/aromatic N) is 3. The number of rotatable bonds is 3. The molecule has 0 radical (unpaired) electrons. The van der Waals surface area contributed by atoms with Gasteiger partial charge in [-0.15, -0.1) is 0 Å². The van der Waals surface area contributed by atoms with Crippen molar-refractivity contribution in [1.82, 2.24) is 20.2 Å². The van der Waals surface area contributed by atoms with E-state index in [0.717, 1.165) is 33.4 Å². The highest BCUT2D eigenvalue weighted by atomic mass is 15.3. The highest BCUT2D eigenvalue weighted by Crippen LogP contribution is 2.28. The summed E-state index contributed by atoms with van der Waals surface area (Å²) in [5, 5.41) is 5.58. The Morgan fingerprint density at radius 3 is 2.71 bits per heavy atom. The molecule has 3 N–H and O–H groups in total. The minimum atomic E-state index is -0.0803. The molecule has 1 unspecified atom stereocenters. The summed E-state index contributed by atoms with van der Waals surface area (Å²) >= 11 is 0. The zero-order chi connectivity index (χ0) is 15.0. The van der Waals surface area contributed by atoms with E-state index < -0.39 is 0 Å². The van der Waals surface area contributed by atoms with E-state index in [-0.39, 0.29) is 6.04 Å². The van der Waals surface area contributed by atoms with E-state index in [0.29, 0.717) is 0 Å². The maximum atomic E-state index is 5.83. The Kier molecular flexibility index (Phi) is 3.45. The second kappa shape index (κ2) is 5.27. The maximum absolute atomic E-state index is 5.83. The standard InChI is InChI=1S/C16H19N5/c1-10-15(11(2)21(3)20-10)16(19-17)13-6-7-14-12(9-13)5-4-8-18-14/h4-9,16,19H,17H2,1-3H3. The van der Waals surface area contributed by atoms with Gasteiger partial charge in [0.05, 0.1) is 17.3 Å². The Hall–Kier alpha value is -2.24. The van der Waals surface area contributed by atoms with Crippen molar-refractivity contribution in [3.63, 3.8) is 0 Å². The van der Waals surface area contributed by atoms with Crippen molar-refractivity contribution in [3.8, 4) is 0 Å². The molecule has 3 rings (SSSR count). The van der Waals surface area contributed by atoms with E-state index in [9.17, 15) is 0 Å². The minimum absolute atomic E-state index is 0.0803. The quantitative estimate of drug-likeness (QED) is 0.570. The van der Waals surface area contributed by atoms with Crippen molar-refractivity contribution >= 4 is 10.9 Å². The second-order valence-corrected chi connectivity index (χ2v) is 5.26. The molecule has 0 saturated carbocycles. The Labute approximate surface area is 123 Å². The first-order chi connectivity index (χ1) is 10.1. The molecular formula is C16H19N5. The summed E-state index contributed by atoms with van der Waals surface area (Å²) < 4.78 is 1.89. The highest BCUT2D eigenvalue weighted by molar-refractivity contribution is 5.79. The lowest BCUT2D eigenvalue weighted by Crippen LogP contribution is -2.29. The third-order valence-electron chi connectivity index (χ3n) is 3.98. The number of fused-ring (bicyclic) bond motifs is 1. The van der Waals surface area contributed by atoms with Crippen molar-refractivity contribution < 1.29 is 0 Å². The number of pyridine rings is 1. The van der Waals surface area contributed by atoms with Gasteiger partial charge in [0.2, 0.25) is 0 Å². The molecule has 1 atom stereocenters. The molecule has 21 heavy (non-hydrogen) atoms. The summed E-state index contributed by atoms with van der Waals surface area (Å²) in [6, 6.07) is 10.1. The number of aromatic nitrogens is 3. The predicted molar refractivity (Wildman–Crippen MR) is 83.6 cm³/mol. The van der Waals surface area contributed by atoms with Gasteiger partial charge in [0.15, 0.2) is 0 Å². The number of nitrogens with two attached hydrogens (primary N) is 1. The van der Waals surface area contributed by atoms with Crippen molar-refractivity contribution in [2.45, 2.75) is 19.9 Å². The van der Waals surface area contributed by atoms with Crippen molar-refractivity contribution in [1.29, 1.82) is 0 Å². The van der Waals surface area contributed by atoms with Crippen LogP contribution in [0.4, 0.5) is 0 Å². The number of benzene rings is 1. The van der Waals surface area contributed by atoms with Crippen LogP contribution in [-0.4, -0.2) is 14.8 Å². The van der Waals surface area contributed by atoms with E-state index in [4.69, 9.17) is 5.84 Å². The van der Waals surface area contributed by atoms with Gasteiger partial charge in [-0.25, -0.2) is 5.43 Å². The first-order valence-corrected chi connectivity index (χ1v) is 6.92. The van der Waals surface area contributed by atoms with E-state index in [1.54, 1.807) is 6.20 Å². The molecule has 0 aliphatic carbocycles. The van der Waals surface area contributed by atoms with Crippen LogP contribution in [0.15, 0.2) is 36.5 Å². The zero-order valence-electron chi connectivity index (χ0n) is 12.5. The van der Waals surface area contributed by atoms with Gasteiger partial charge >= 0.3 is 0 Å². The lowest BCUT2D eigenvalue weighted by molar-refractivity contribution is 0.629. The zero-order valence-corrected chi connectivity index (χ0v) is 12.5. The molecule has 5 heteroatoms. The first-order valence-electron chi connectivity index (χ1n) is 6.92. The summed E-state index contributed by atoms with van der Waals surface area (Å²) in [6.45, 7) is 4.07. The van der Waals surface area contributed by atoms with E-state index in [1.165, 1.54) is 0 Å². The van der Waals surface area contributed by atoms with Gasteiger partial charge in [-0.05, 0) is 37.6 Å². The molecule has 2 aromatic heterocycles. The fraction of sp³-hybridized carbons (Fsp3) is 0.250. The van der Waals surface area contributed by atoms with Gasteiger partial charge in [-0.3, -0.25) is 15.5 Å². The van der Waals surface area contributed by atoms with Crippen LogP contribution in [0.3, 0.4) is 0 Å². The Balaban J connectivity index is 2.13. The number of hydrogen-bond donors (Lipinski definition) is 2. The summed E-state index contributed by atoms with van der Waals surface area (Å²) in [7, 11) is 1.95. The molecule has 0 aliphatic heterocycles. The second-order valence-electron chi connectivity index (χ2n) is 5.26. The largest absolute Gasteiger partial charge is 0.272 e. The van der Waals surface area contributed by atoms with E-state index in [1.807, 2.05) is 30.8 Å². The third-order valence-corrected chi connectivity index (χ3v) is 3.98. The normalized spacial score (nSPS) is 12.8. The Morgan fingerprint density at radius 2 is 2.05 bits per heavy atom. The van der Waals surface area contributed by atoms with Crippen LogP contribution in [-0.2, 0) is 7.05 Å². The summed E-state index contributed by atoms with van der Waals surface area (Å²) in [4.78, 5) is 4.35. The van der Waals surface area contributed by atoms with Crippen molar-refractivity contribution in [3.05, 3.63) is 59.0 Å². The summed E-state index contributed by atoms with van der Waals surface area (Å²) in [5.74, 6) is 5.83. The van der Waals surface area contributed by atoms with E-state index >= 15 is 0 Å². The topological polar surface area (TPSA) is 68.8 Å². The van der Waals surface area contributed by atoms with Crippen LogP contribution in [0.1, 0.15) is 28.6 Å². The van der Waals surface area contributed by atoms with Crippen LogP contribution < -0.4 is 11.3 Å². The van der Waals surface area contributed by atoms with Crippen LogP contribution >= 0.6 is 0 Å². The third kappa shape index (κ3) is 2.30. The molecule has 1 aromatic carbocycles. The Bertz CT molecular complexity index is 790. The molecule has 0 amide bonds. The minimum Gasteiger partial charge on any atom is -0.272 e. The number of hydrogen-bond acceptors (Lipinski definition) is 4. The number of nitrogens with one attached hydrogen (secondary N) is 1. The molecular weight excluding hydrogens is 262 g/mol. The predicted octanol–water partition coefficient (Wildman–Crippen LogP) is 2.14. The Morgan fingerprint density at radius 1 is 1.24 bits per heavy atom. The molecule has 0 spiro atoms. The van der Waals surface area contributed by atoms with Crippen LogP contribution in [0, 0.1) is 13.8 Å². The number of aryl methyl sites for hydroxylation is 2. The summed E-state index contributed by atoms with van der Waals surface area (Å²) in [5.41, 5.74) is 8.24. The molecule has 0 aliphatic rings. The molecule has 0 bridgehead atoms. The average molecular weight is 281 g/mol. The molecule has 3 aromatic rings. The fourth-order valence-corrected chi connectivity index (χ4v) is 2.83. The molecule has 5 nitrogen and oxygen atoms in total. The van der Waals surface area contributed by atoms with Gasteiger partial charge in [-0.1, -0.05) is 12.1 Å². The molecule has 0 saturated heterocycles. The monoisotopic (exact) mass is 281 g/mol. The maximum Gasteiger partial charge on any atom is 0.0746 e. The van der Waals surface area contributed by atoms with Gasteiger partial charge in [0, 0.05) is 29.9 Å². The first kappa shape index (κ1) is 13.7. The van der Waals surface area contributed by atoms with E-state index in [2.05, 4.69) is 40.6 Å². The van der Waals surface area contributed by atoms with Gasteiger partial charge in [-0.2, -0.15) is 5.10 Å². The lowest BCUT2D eigenvalue weighted by atomic mass is 9.96. The highest BCUT2D eigenvalue weighted by Gasteiger charge is 2.21. The molecule has 0 fully saturated rings. The van der Waals surface area contributed by atoms with Crippen molar-refractivity contribution in [2.75, 3.05) is 0 Å². The van der Waals surface area contributed by atoms with Crippen molar-refractivity contribution in [2.24, 2.45) is 12.9 Å². The van der Waals surface area contributed by atoms with Crippen LogP contribution in [0.5, 0.6) is 0 Å². The van der Waals surface area contributed by atoms with Gasteiger partial charge in [0.1, 0.15) is 0 Å². The molecule has 108 valence electrons. The van der Waals surface area contributed by atoms with Crippen LogP contribution in [0.25, 0.3) is 10.9 Å². The van der Waals surface area contributed by atoms with Crippen LogP contribution in [0.2, 0.25) is 0 Å². The SMILES string of the molecule is Cc1nn(C)c(C)c1C(NN)c1ccc2ncccc2c1. The fourth-order valence-electron chi connectivity index (χ4n) is 2.83. The summed E-state index contributed by atoms with van der Waals surface area (Å²) in [6.07, 6.45) is 1.80. The average Bonchev–Trinajstić information content (AvgIpc) is 2.74.